The van der Waals surface area contributed by atoms with Crippen LogP contribution in [0.3, 0.4) is 0 Å². The van der Waals surface area contributed by atoms with Crippen molar-refractivity contribution < 1.29 is 15.1 Å². The van der Waals surface area contributed by atoms with Gasteiger partial charge in [-0.2, -0.15) is 0 Å². The molecule has 88 valence electrons. The molecule has 16 heavy (non-hydrogen) atoms. The third kappa shape index (κ3) is 3.34. The number of hydrogen-bond acceptors (Lipinski definition) is 5. The van der Waals surface area contributed by atoms with E-state index in [-0.39, 0.29) is 23.1 Å². The van der Waals surface area contributed by atoms with E-state index in [4.69, 9.17) is 21.8 Å². The fourth-order valence-electron chi connectivity index (χ4n) is 1.03. The maximum Gasteiger partial charge on any atom is 0.301 e. The van der Waals surface area contributed by atoms with Crippen molar-refractivity contribution in [1.29, 1.82) is 0 Å². The van der Waals surface area contributed by atoms with Crippen molar-refractivity contribution in [2.24, 2.45) is 0 Å². The van der Waals surface area contributed by atoms with Gasteiger partial charge in [0.1, 0.15) is 5.02 Å². The molecule has 1 aromatic carbocycles. The van der Waals surface area contributed by atoms with E-state index in [0.717, 1.165) is 11.8 Å². The monoisotopic (exact) mass is 263 g/mol. The molecule has 0 aromatic heterocycles. The van der Waals surface area contributed by atoms with Crippen LogP contribution in [-0.4, -0.2) is 33.6 Å². The lowest BCUT2D eigenvalue weighted by atomic mass is 10.3. The number of nitrogens with zero attached hydrogens (tertiary/aromatic N) is 1. The van der Waals surface area contributed by atoms with Crippen molar-refractivity contribution in [1.82, 2.24) is 0 Å². The molecule has 0 amide bonds. The molecule has 1 unspecified atom stereocenters. The molecule has 0 saturated heterocycles. The van der Waals surface area contributed by atoms with E-state index in [0.29, 0.717) is 4.90 Å². The molecule has 1 rings (SSSR count). The molecule has 0 aliphatic carbocycles. The minimum Gasteiger partial charge on any atom is -0.394 e. The summed E-state index contributed by atoms with van der Waals surface area (Å²) in [4.78, 5) is 10.6. The van der Waals surface area contributed by atoms with Crippen LogP contribution in [0, 0.1) is 10.1 Å². The first-order valence-corrected chi connectivity index (χ1v) is 5.77. The summed E-state index contributed by atoms with van der Waals surface area (Å²) in [6.07, 6.45) is -0.899. The van der Waals surface area contributed by atoms with Crippen molar-refractivity contribution in [3.8, 4) is 0 Å². The second-order valence-corrected chi connectivity index (χ2v) is 4.46. The molecule has 7 heteroatoms. The van der Waals surface area contributed by atoms with Crippen LogP contribution in [0.4, 0.5) is 5.69 Å². The molecule has 1 atom stereocenters. The Bertz CT molecular complexity index is 388. The van der Waals surface area contributed by atoms with Crippen LogP contribution in [0.1, 0.15) is 0 Å². The lowest BCUT2D eigenvalue weighted by Gasteiger charge is -2.07. The third-order valence-corrected chi connectivity index (χ3v) is 3.27. The first-order valence-electron chi connectivity index (χ1n) is 4.41. The maximum absolute atomic E-state index is 10.8. The summed E-state index contributed by atoms with van der Waals surface area (Å²) in [7, 11) is 0. The zero-order chi connectivity index (χ0) is 12.1. The Kier molecular flexibility index (Phi) is 5.01. The molecule has 0 aliphatic heterocycles. The van der Waals surface area contributed by atoms with Gasteiger partial charge in [-0.05, 0) is 12.1 Å². The number of thioether (sulfide) groups is 1. The molecule has 0 fully saturated rings. The highest BCUT2D eigenvalue weighted by molar-refractivity contribution is 7.99. The molecule has 0 spiro atoms. The highest BCUT2D eigenvalue weighted by Gasteiger charge is 2.19. The van der Waals surface area contributed by atoms with Crippen molar-refractivity contribution in [2.45, 2.75) is 11.0 Å². The van der Waals surface area contributed by atoms with E-state index < -0.39 is 11.0 Å². The van der Waals surface area contributed by atoms with Gasteiger partial charge in [0.25, 0.3) is 0 Å². The zero-order valence-electron chi connectivity index (χ0n) is 8.17. The van der Waals surface area contributed by atoms with Crippen molar-refractivity contribution in [3.63, 3.8) is 0 Å². The molecular weight excluding hydrogens is 254 g/mol. The van der Waals surface area contributed by atoms with E-state index >= 15 is 0 Å². The van der Waals surface area contributed by atoms with Crippen molar-refractivity contribution in [2.75, 3.05) is 12.4 Å². The molecule has 0 aliphatic rings. The van der Waals surface area contributed by atoms with Crippen LogP contribution < -0.4 is 0 Å². The van der Waals surface area contributed by atoms with Gasteiger partial charge in [0.2, 0.25) is 0 Å². The highest BCUT2D eigenvalue weighted by atomic mass is 35.5. The SMILES string of the molecule is O=[N+]([O-])c1c(Cl)cccc1SCC(O)CO. The first-order chi connectivity index (χ1) is 7.56. The van der Waals surface area contributed by atoms with Crippen molar-refractivity contribution in [3.05, 3.63) is 33.3 Å². The van der Waals surface area contributed by atoms with E-state index in [1.165, 1.54) is 6.07 Å². The zero-order valence-corrected chi connectivity index (χ0v) is 9.74. The predicted octanol–water partition coefficient (Wildman–Crippen LogP) is 1.69. The number of rotatable bonds is 5. The standard InChI is InChI=1S/C9H10ClNO4S/c10-7-2-1-3-8(9(7)11(14)15)16-5-6(13)4-12/h1-3,6,12-13H,4-5H2. The summed E-state index contributed by atoms with van der Waals surface area (Å²) in [5.41, 5.74) is -0.167. The average molecular weight is 264 g/mol. The van der Waals surface area contributed by atoms with Gasteiger partial charge in [-0.15, -0.1) is 11.8 Å². The minimum absolute atomic E-state index is 0.0634. The normalized spacial score (nSPS) is 12.4. The molecule has 0 bridgehead atoms. The number of halogens is 1. The predicted molar refractivity (Wildman–Crippen MR) is 61.9 cm³/mol. The molecule has 0 radical (unpaired) electrons. The number of aliphatic hydroxyl groups is 2. The largest absolute Gasteiger partial charge is 0.394 e. The summed E-state index contributed by atoms with van der Waals surface area (Å²) in [6, 6.07) is 4.59. The highest BCUT2D eigenvalue weighted by Crippen LogP contribution is 2.35. The number of para-hydroxylation sites is 1. The van der Waals surface area contributed by atoms with Crippen molar-refractivity contribution >= 4 is 29.1 Å². The Morgan fingerprint density at radius 1 is 1.56 bits per heavy atom. The van der Waals surface area contributed by atoms with Gasteiger partial charge in [-0.3, -0.25) is 10.1 Å². The number of nitro groups is 1. The fourth-order valence-corrected chi connectivity index (χ4v) is 2.30. The molecule has 5 nitrogen and oxygen atoms in total. The van der Waals surface area contributed by atoms with E-state index in [9.17, 15) is 10.1 Å². The van der Waals surface area contributed by atoms with Crippen LogP contribution in [-0.2, 0) is 0 Å². The Hall–Kier alpha value is -0.820. The number of hydrogen-bond donors (Lipinski definition) is 2. The lowest BCUT2D eigenvalue weighted by Crippen LogP contribution is -2.14. The van der Waals surface area contributed by atoms with Crippen LogP contribution in [0.5, 0.6) is 0 Å². The summed E-state index contributed by atoms with van der Waals surface area (Å²) >= 11 is 6.79. The Labute approximate surface area is 101 Å². The average Bonchev–Trinajstić information content (AvgIpc) is 2.25. The Morgan fingerprint density at radius 2 is 2.25 bits per heavy atom. The molecule has 2 N–H and O–H groups in total. The van der Waals surface area contributed by atoms with E-state index in [2.05, 4.69) is 0 Å². The van der Waals surface area contributed by atoms with Gasteiger partial charge in [0.15, 0.2) is 0 Å². The van der Waals surface area contributed by atoms with Crippen LogP contribution in [0.2, 0.25) is 5.02 Å². The third-order valence-electron chi connectivity index (χ3n) is 1.77. The summed E-state index contributed by atoms with van der Waals surface area (Å²) in [6.45, 7) is -0.374. The van der Waals surface area contributed by atoms with Gasteiger partial charge in [-0.1, -0.05) is 17.7 Å². The molecule has 0 saturated carbocycles. The first kappa shape index (κ1) is 13.2. The van der Waals surface area contributed by atoms with Crippen LogP contribution in [0.15, 0.2) is 23.1 Å². The molecular formula is C9H10ClNO4S. The lowest BCUT2D eigenvalue weighted by molar-refractivity contribution is -0.387. The van der Waals surface area contributed by atoms with E-state index in [1.807, 2.05) is 0 Å². The fraction of sp³-hybridized carbons (Fsp3) is 0.333. The van der Waals surface area contributed by atoms with E-state index in [1.54, 1.807) is 12.1 Å². The quantitative estimate of drug-likeness (QED) is 0.480. The number of aliphatic hydroxyl groups excluding tert-OH is 2. The summed E-state index contributed by atoms with van der Waals surface area (Å²) in [5.74, 6) is 0.178. The Morgan fingerprint density at radius 3 is 2.81 bits per heavy atom. The molecule has 1 aromatic rings. The van der Waals surface area contributed by atoms with Gasteiger partial charge < -0.3 is 10.2 Å². The summed E-state index contributed by atoms with van der Waals surface area (Å²) < 4.78 is 0. The molecule has 0 heterocycles. The maximum atomic E-state index is 10.8. The van der Waals surface area contributed by atoms with Gasteiger partial charge in [0.05, 0.1) is 22.5 Å². The smallest absolute Gasteiger partial charge is 0.301 e. The van der Waals surface area contributed by atoms with Gasteiger partial charge in [-0.25, -0.2) is 0 Å². The number of nitro benzene ring substituents is 1. The topological polar surface area (TPSA) is 83.6 Å². The minimum atomic E-state index is -0.899. The van der Waals surface area contributed by atoms with Crippen LogP contribution >= 0.6 is 23.4 Å². The van der Waals surface area contributed by atoms with Crippen LogP contribution in [0.25, 0.3) is 0 Å². The second-order valence-electron chi connectivity index (χ2n) is 2.99. The van der Waals surface area contributed by atoms with Gasteiger partial charge in [0, 0.05) is 5.75 Å². The number of benzene rings is 1. The second kappa shape index (κ2) is 6.05. The van der Waals surface area contributed by atoms with Gasteiger partial charge >= 0.3 is 5.69 Å². The summed E-state index contributed by atoms with van der Waals surface area (Å²) in [5, 5.41) is 28.6. The Balaban J connectivity index is 2.87.